The average Bonchev–Trinajstić information content (AvgIpc) is 2.84. The lowest BCUT2D eigenvalue weighted by atomic mass is 9.71. The number of hydrogen-bond acceptors (Lipinski definition) is 5. The van der Waals surface area contributed by atoms with Crippen LogP contribution in [0, 0.1) is 16.2 Å². The molecule has 2 aliphatic carbocycles. The number of nitrogens with one attached hydrogen (secondary N) is 2. The second-order valence-electron chi connectivity index (χ2n) is 5.70. The second-order valence-corrected chi connectivity index (χ2v) is 9.67. The van der Waals surface area contributed by atoms with Gasteiger partial charge in [0, 0.05) is 21.4 Å². The van der Waals surface area contributed by atoms with Gasteiger partial charge in [0.05, 0.1) is 11.2 Å². The van der Waals surface area contributed by atoms with Crippen LogP contribution in [0.15, 0.2) is 55.9 Å². The Kier molecular flexibility index (Phi) is 5.57. The number of nitrogens with two attached hydrogens (primary N) is 2. The Morgan fingerprint density at radius 2 is 1.84 bits per heavy atom. The van der Waals surface area contributed by atoms with Crippen molar-refractivity contribution in [2.75, 3.05) is 11.5 Å². The number of amidine groups is 2. The summed E-state index contributed by atoms with van der Waals surface area (Å²) in [6, 6.07) is 0. The molecule has 0 aromatic carbocycles. The van der Waals surface area contributed by atoms with E-state index in [1.165, 1.54) is 23.5 Å². The minimum atomic E-state index is -0.357. The largest absolute Gasteiger partial charge is 0.463 e. The first-order valence-corrected chi connectivity index (χ1v) is 10.9. The summed E-state index contributed by atoms with van der Waals surface area (Å²) >= 11 is 9.72. The Labute approximate surface area is 171 Å². The van der Waals surface area contributed by atoms with Crippen molar-refractivity contribution in [2.24, 2.45) is 16.9 Å². The zero-order chi connectivity index (χ0) is 18.2. The summed E-state index contributed by atoms with van der Waals surface area (Å²) in [4.78, 5) is 0. The quantitative estimate of drug-likeness (QED) is 0.338. The zero-order valence-corrected chi connectivity index (χ0v) is 17.9. The SMILES string of the molecule is N=C(N)SCC1=C2OC(CSC(=N)N)=C3C=C(Br)C=CC32CC(Br)=C1. The van der Waals surface area contributed by atoms with E-state index in [0.717, 1.165) is 38.1 Å². The van der Waals surface area contributed by atoms with Gasteiger partial charge in [0.15, 0.2) is 10.3 Å². The molecule has 0 bridgehead atoms. The lowest BCUT2D eigenvalue weighted by Crippen LogP contribution is -2.26. The molecule has 1 aliphatic heterocycles. The van der Waals surface area contributed by atoms with Gasteiger partial charge in [-0.15, -0.1) is 0 Å². The highest BCUT2D eigenvalue weighted by Gasteiger charge is 2.48. The summed E-state index contributed by atoms with van der Waals surface area (Å²) < 4.78 is 8.33. The Morgan fingerprint density at radius 3 is 2.52 bits per heavy atom. The van der Waals surface area contributed by atoms with E-state index in [1.54, 1.807) is 0 Å². The van der Waals surface area contributed by atoms with E-state index < -0.39 is 0 Å². The molecule has 0 aromatic heterocycles. The van der Waals surface area contributed by atoms with Crippen LogP contribution in [0.2, 0.25) is 0 Å². The van der Waals surface area contributed by atoms with Gasteiger partial charge in [0.1, 0.15) is 11.5 Å². The number of hydrogen-bond donors (Lipinski definition) is 4. The third kappa shape index (κ3) is 3.79. The van der Waals surface area contributed by atoms with Gasteiger partial charge in [0.2, 0.25) is 0 Å². The molecule has 0 amide bonds. The molecule has 0 saturated heterocycles. The molecular formula is C16H16Br2N4OS2. The predicted molar refractivity (Wildman–Crippen MR) is 114 cm³/mol. The highest BCUT2D eigenvalue weighted by Crippen LogP contribution is 2.57. The van der Waals surface area contributed by atoms with E-state index >= 15 is 0 Å². The second kappa shape index (κ2) is 7.38. The molecule has 9 heteroatoms. The number of rotatable bonds is 4. The number of ether oxygens (including phenoxy) is 1. The summed E-state index contributed by atoms with van der Waals surface area (Å²) in [6.07, 6.45) is 9.09. The fourth-order valence-corrected chi connectivity index (χ4v) is 5.20. The van der Waals surface area contributed by atoms with Crippen LogP contribution in [-0.2, 0) is 4.74 Å². The zero-order valence-electron chi connectivity index (χ0n) is 13.1. The van der Waals surface area contributed by atoms with Gasteiger partial charge in [-0.2, -0.15) is 0 Å². The van der Waals surface area contributed by atoms with Crippen molar-refractivity contribution >= 4 is 65.7 Å². The minimum absolute atomic E-state index is 0.0654. The summed E-state index contributed by atoms with van der Waals surface area (Å²) in [6.45, 7) is 0. The number of thioether (sulfide) groups is 2. The molecular weight excluding hydrogens is 488 g/mol. The van der Waals surface area contributed by atoms with E-state index in [0.29, 0.717) is 11.5 Å². The van der Waals surface area contributed by atoms with Crippen molar-refractivity contribution < 1.29 is 4.74 Å². The smallest absolute Gasteiger partial charge is 0.151 e. The molecule has 1 spiro atoms. The lowest BCUT2D eigenvalue weighted by molar-refractivity contribution is 0.279. The van der Waals surface area contributed by atoms with Crippen LogP contribution in [0.5, 0.6) is 0 Å². The van der Waals surface area contributed by atoms with Crippen molar-refractivity contribution in [3.8, 4) is 0 Å². The highest BCUT2D eigenvalue weighted by atomic mass is 79.9. The Bertz CT molecular complexity index is 813. The summed E-state index contributed by atoms with van der Waals surface area (Å²) in [5.74, 6) is 2.77. The Hall–Kier alpha value is -0.900. The van der Waals surface area contributed by atoms with E-state index in [9.17, 15) is 0 Å². The molecule has 0 aromatic rings. The molecule has 132 valence electrons. The van der Waals surface area contributed by atoms with Crippen LogP contribution < -0.4 is 11.5 Å². The van der Waals surface area contributed by atoms with Crippen LogP contribution in [0.4, 0.5) is 0 Å². The number of allylic oxidation sites excluding steroid dienone is 6. The van der Waals surface area contributed by atoms with Gasteiger partial charge in [0.25, 0.3) is 0 Å². The minimum Gasteiger partial charge on any atom is -0.463 e. The summed E-state index contributed by atoms with van der Waals surface area (Å²) in [5, 5.41) is 15.1. The van der Waals surface area contributed by atoms with Gasteiger partial charge < -0.3 is 16.2 Å². The lowest BCUT2D eigenvalue weighted by Gasteiger charge is -2.33. The average molecular weight is 504 g/mol. The molecule has 1 unspecified atom stereocenters. The highest BCUT2D eigenvalue weighted by molar-refractivity contribution is 9.12. The van der Waals surface area contributed by atoms with Crippen LogP contribution in [0.1, 0.15) is 6.42 Å². The van der Waals surface area contributed by atoms with E-state index in [2.05, 4.69) is 50.1 Å². The summed E-state index contributed by atoms with van der Waals surface area (Å²) in [5.41, 5.74) is 12.7. The fraction of sp³-hybridized carbons (Fsp3) is 0.250. The maximum Gasteiger partial charge on any atom is 0.151 e. The molecule has 0 radical (unpaired) electrons. The molecule has 0 fully saturated rings. The first-order valence-electron chi connectivity index (χ1n) is 7.33. The van der Waals surface area contributed by atoms with E-state index in [4.69, 9.17) is 27.0 Å². The molecule has 1 atom stereocenters. The van der Waals surface area contributed by atoms with Crippen molar-refractivity contribution in [2.45, 2.75) is 6.42 Å². The molecule has 1 heterocycles. The van der Waals surface area contributed by atoms with Crippen molar-refractivity contribution in [3.63, 3.8) is 0 Å². The third-order valence-electron chi connectivity index (χ3n) is 4.03. The van der Waals surface area contributed by atoms with Crippen LogP contribution in [0.25, 0.3) is 0 Å². The standard InChI is InChI=1S/C16H16Br2N4OS2/c17-9-1-2-16-5-10(18)3-8(6-24-14(19)20)13(16)23-12(11(16)4-9)7-25-15(21)22/h1-4H,5-7H2,(H3,19,20)(H3,21,22). The Balaban J connectivity index is 2.05. The van der Waals surface area contributed by atoms with Crippen LogP contribution in [-0.4, -0.2) is 21.8 Å². The first-order chi connectivity index (χ1) is 11.8. The molecule has 0 saturated carbocycles. The van der Waals surface area contributed by atoms with Gasteiger partial charge >= 0.3 is 0 Å². The first kappa shape index (κ1) is 18.9. The normalized spacial score (nSPS) is 24.4. The van der Waals surface area contributed by atoms with Crippen molar-refractivity contribution in [1.29, 1.82) is 10.8 Å². The van der Waals surface area contributed by atoms with Gasteiger partial charge in [-0.3, -0.25) is 10.8 Å². The monoisotopic (exact) mass is 502 g/mol. The maximum atomic E-state index is 7.48. The molecule has 6 N–H and O–H groups in total. The molecule has 3 aliphatic rings. The van der Waals surface area contributed by atoms with Crippen molar-refractivity contribution in [1.82, 2.24) is 0 Å². The van der Waals surface area contributed by atoms with Crippen LogP contribution >= 0.6 is 55.4 Å². The van der Waals surface area contributed by atoms with E-state index in [1.807, 2.05) is 6.08 Å². The predicted octanol–water partition coefficient (Wildman–Crippen LogP) is 4.30. The summed E-state index contributed by atoms with van der Waals surface area (Å²) in [7, 11) is 0. The third-order valence-corrected chi connectivity index (χ3v) is 6.52. The fourth-order valence-electron chi connectivity index (χ4n) is 3.09. The molecule has 5 nitrogen and oxygen atoms in total. The molecule has 3 rings (SSSR count). The number of halogens is 2. The Morgan fingerprint density at radius 1 is 1.16 bits per heavy atom. The van der Waals surface area contributed by atoms with E-state index in [-0.39, 0.29) is 15.8 Å². The van der Waals surface area contributed by atoms with Gasteiger partial charge in [-0.25, -0.2) is 0 Å². The van der Waals surface area contributed by atoms with Gasteiger partial charge in [-0.1, -0.05) is 67.5 Å². The maximum absolute atomic E-state index is 7.48. The van der Waals surface area contributed by atoms with Crippen LogP contribution in [0.3, 0.4) is 0 Å². The van der Waals surface area contributed by atoms with Crippen molar-refractivity contribution in [3.05, 3.63) is 55.9 Å². The van der Waals surface area contributed by atoms with Gasteiger partial charge in [-0.05, 0) is 23.1 Å². The molecule has 25 heavy (non-hydrogen) atoms. The topological polar surface area (TPSA) is 109 Å².